The standard InChI is InChI=1S/C14H21N3O2/c1-9-7-11(5-6-17(9)2)16-13-8-10(15)3-4-12(13)14(18)19/h3-4,8-9,11,16H,5-7,15H2,1-2H3,(H,18,19). The van der Waals surface area contributed by atoms with Crippen molar-refractivity contribution in [2.45, 2.75) is 31.8 Å². The van der Waals surface area contributed by atoms with Crippen LogP contribution in [0.3, 0.4) is 0 Å². The average Bonchev–Trinajstić information content (AvgIpc) is 2.33. The molecule has 1 aliphatic heterocycles. The van der Waals surface area contributed by atoms with Crippen LogP contribution >= 0.6 is 0 Å². The number of nitrogen functional groups attached to an aromatic ring is 1. The van der Waals surface area contributed by atoms with Crippen molar-refractivity contribution >= 4 is 17.3 Å². The molecule has 1 aromatic rings. The van der Waals surface area contributed by atoms with Crippen molar-refractivity contribution in [3.63, 3.8) is 0 Å². The topological polar surface area (TPSA) is 78.6 Å². The number of nitrogens with two attached hydrogens (primary N) is 1. The Bertz CT molecular complexity index is 476. The molecule has 1 heterocycles. The molecule has 1 aliphatic rings. The summed E-state index contributed by atoms with van der Waals surface area (Å²) >= 11 is 0. The summed E-state index contributed by atoms with van der Waals surface area (Å²) in [5.74, 6) is -0.927. The summed E-state index contributed by atoms with van der Waals surface area (Å²) in [4.78, 5) is 13.5. The maximum absolute atomic E-state index is 11.2. The average molecular weight is 263 g/mol. The molecular weight excluding hydrogens is 242 g/mol. The van der Waals surface area contributed by atoms with Gasteiger partial charge in [0.2, 0.25) is 0 Å². The maximum atomic E-state index is 11.2. The number of likely N-dealkylation sites (tertiary alicyclic amines) is 1. The largest absolute Gasteiger partial charge is 0.478 e. The van der Waals surface area contributed by atoms with Crippen LogP contribution < -0.4 is 11.1 Å². The minimum absolute atomic E-state index is 0.279. The molecule has 0 spiro atoms. The molecule has 0 aliphatic carbocycles. The molecule has 0 amide bonds. The predicted octanol–water partition coefficient (Wildman–Crippen LogP) is 1.86. The summed E-state index contributed by atoms with van der Waals surface area (Å²) in [6.07, 6.45) is 2.01. The zero-order valence-corrected chi connectivity index (χ0v) is 11.4. The molecule has 19 heavy (non-hydrogen) atoms. The Kier molecular flexibility index (Phi) is 3.95. The Morgan fingerprint density at radius 3 is 2.89 bits per heavy atom. The van der Waals surface area contributed by atoms with Gasteiger partial charge in [0.05, 0.1) is 11.3 Å². The molecule has 1 aromatic carbocycles. The summed E-state index contributed by atoms with van der Waals surface area (Å²) in [5, 5.41) is 12.5. The van der Waals surface area contributed by atoms with Crippen molar-refractivity contribution in [2.75, 3.05) is 24.6 Å². The number of nitrogens with one attached hydrogen (secondary N) is 1. The summed E-state index contributed by atoms with van der Waals surface area (Å²) in [6, 6.07) is 5.67. The Labute approximate surface area is 113 Å². The molecular formula is C14H21N3O2. The molecule has 1 fully saturated rings. The van der Waals surface area contributed by atoms with Crippen LogP contribution in [-0.2, 0) is 0 Å². The van der Waals surface area contributed by atoms with E-state index in [1.807, 2.05) is 0 Å². The number of aromatic carboxylic acids is 1. The lowest BCUT2D eigenvalue weighted by atomic mass is 9.98. The first kappa shape index (κ1) is 13.7. The van der Waals surface area contributed by atoms with E-state index in [0.29, 0.717) is 23.5 Å². The summed E-state index contributed by atoms with van der Waals surface area (Å²) < 4.78 is 0. The number of carbonyl (C=O) groups is 1. The van der Waals surface area contributed by atoms with Crippen LogP contribution in [0.1, 0.15) is 30.1 Å². The number of benzene rings is 1. The van der Waals surface area contributed by atoms with E-state index in [1.54, 1.807) is 18.2 Å². The van der Waals surface area contributed by atoms with Gasteiger partial charge >= 0.3 is 5.97 Å². The zero-order chi connectivity index (χ0) is 14.0. The molecule has 0 aromatic heterocycles. The van der Waals surface area contributed by atoms with Gasteiger partial charge in [0.25, 0.3) is 0 Å². The van der Waals surface area contributed by atoms with Crippen molar-refractivity contribution in [1.82, 2.24) is 4.90 Å². The number of anilines is 2. The van der Waals surface area contributed by atoms with E-state index in [0.717, 1.165) is 19.4 Å². The quantitative estimate of drug-likeness (QED) is 0.725. The Balaban J connectivity index is 2.14. The van der Waals surface area contributed by atoms with Crippen molar-refractivity contribution in [1.29, 1.82) is 0 Å². The summed E-state index contributed by atoms with van der Waals surface area (Å²) in [6.45, 7) is 3.20. The Morgan fingerprint density at radius 2 is 2.26 bits per heavy atom. The minimum Gasteiger partial charge on any atom is -0.478 e. The molecule has 2 unspecified atom stereocenters. The first-order valence-corrected chi connectivity index (χ1v) is 6.57. The molecule has 0 radical (unpaired) electrons. The third kappa shape index (κ3) is 3.17. The van der Waals surface area contributed by atoms with Gasteiger partial charge in [-0.25, -0.2) is 4.79 Å². The third-order valence-corrected chi connectivity index (χ3v) is 3.84. The van der Waals surface area contributed by atoms with Crippen LogP contribution in [0.5, 0.6) is 0 Å². The van der Waals surface area contributed by atoms with E-state index in [-0.39, 0.29) is 5.56 Å². The van der Waals surface area contributed by atoms with E-state index in [4.69, 9.17) is 5.73 Å². The molecule has 2 atom stereocenters. The van der Waals surface area contributed by atoms with Gasteiger partial charge in [0.1, 0.15) is 0 Å². The van der Waals surface area contributed by atoms with Gasteiger partial charge in [-0.2, -0.15) is 0 Å². The third-order valence-electron chi connectivity index (χ3n) is 3.84. The minimum atomic E-state index is -0.927. The molecule has 2 rings (SSSR count). The Hall–Kier alpha value is -1.75. The Morgan fingerprint density at radius 1 is 1.53 bits per heavy atom. The number of carboxylic acids is 1. The lowest BCUT2D eigenvalue weighted by Crippen LogP contribution is -2.42. The summed E-state index contributed by atoms with van der Waals surface area (Å²) in [7, 11) is 2.12. The van der Waals surface area contributed by atoms with Crippen LogP contribution in [0.4, 0.5) is 11.4 Å². The molecule has 0 bridgehead atoms. The van der Waals surface area contributed by atoms with E-state index in [9.17, 15) is 9.90 Å². The maximum Gasteiger partial charge on any atom is 0.337 e. The number of piperidine rings is 1. The van der Waals surface area contributed by atoms with E-state index in [1.165, 1.54) is 0 Å². The number of hydrogen-bond acceptors (Lipinski definition) is 4. The fraction of sp³-hybridized carbons (Fsp3) is 0.500. The van der Waals surface area contributed by atoms with Crippen LogP contribution in [0.25, 0.3) is 0 Å². The molecule has 4 N–H and O–H groups in total. The van der Waals surface area contributed by atoms with E-state index < -0.39 is 5.97 Å². The van der Waals surface area contributed by atoms with Crippen LogP contribution in [0.15, 0.2) is 18.2 Å². The van der Waals surface area contributed by atoms with Crippen LogP contribution in [0, 0.1) is 0 Å². The second kappa shape index (κ2) is 5.48. The lowest BCUT2D eigenvalue weighted by molar-refractivity contribution is 0.0698. The molecule has 104 valence electrons. The molecule has 1 saturated heterocycles. The second-order valence-corrected chi connectivity index (χ2v) is 5.31. The van der Waals surface area contributed by atoms with Gasteiger partial charge < -0.3 is 21.1 Å². The van der Waals surface area contributed by atoms with Gasteiger partial charge in [-0.1, -0.05) is 0 Å². The van der Waals surface area contributed by atoms with Crippen molar-refractivity contribution in [3.05, 3.63) is 23.8 Å². The van der Waals surface area contributed by atoms with Crippen molar-refractivity contribution < 1.29 is 9.90 Å². The smallest absolute Gasteiger partial charge is 0.337 e. The SMILES string of the molecule is CC1CC(Nc2cc(N)ccc2C(=O)O)CCN1C. The predicted molar refractivity (Wildman–Crippen MR) is 76.6 cm³/mol. The first-order valence-electron chi connectivity index (χ1n) is 6.57. The van der Waals surface area contributed by atoms with Crippen molar-refractivity contribution in [2.24, 2.45) is 0 Å². The lowest BCUT2D eigenvalue weighted by Gasteiger charge is -2.36. The van der Waals surface area contributed by atoms with Crippen LogP contribution in [0.2, 0.25) is 0 Å². The molecule has 0 saturated carbocycles. The monoisotopic (exact) mass is 263 g/mol. The highest BCUT2D eigenvalue weighted by Gasteiger charge is 2.23. The fourth-order valence-electron chi connectivity index (χ4n) is 2.51. The number of carboxylic acid groups (broad SMARTS) is 1. The molecule has 5 nitrogen and oxygen atoms in total. The highest BCUT2D eigenvalue weighted by Crippen LogP contribution is 2.24. The van der Waals surface area contributed by atoms with Gasteiger partial charge in [-0.3, -0.25) is 0 Å². The fourth-order valence-corrected chi connectivity index (χ4v) is 2.51. The van der Waals surface area contributed by atoms with E-state index in [2.05, 4.69) is 24.2 Å². The van der Waals surface area contributed by atoms with Crippen molar-refractivity contribution in [3.8, 4) is 0 Å². The van der Waals surface area contributed by atoms with E-state index >= 15 is 0 Å². The van der Waals surface area contributed by atoms with Gasteiger partial charge in [-0.15, -0.1) is 0 Å². The number of rotatable bonds is 3. The van der Waals surface area contributed by atoms with Gasteiger partial charge in [0, 0.05) is 24.3 Å². The second-order valence-electron chi connectivity index (χ2n) is 5.31. The number of hydrogen-bond donors (Lipinski definition) is 3. The van der Waals surface area contributed by atoms with Gasteiger partial charge in [0.15, 0.2) is 0 Å². The normalized spacial score (nSPS) is 24.1. The highest BCUT2D eigenvalue weighted by atomic mass is 16.4. The highest BCUT2D eigenvalue weighted by molar-refractivity contribution is 5.95. The summed E-state index contributed by atoms with van der Waals surface area (Å²) in [5.41, 5.74) is 7.22. The molecule has 5 heteroatoms. The number of nitrogens with zero attached hydrogens (tertiary/aromatic N) is 1. The van der Waals surface area contributed by atoms with Crippen LogP contribution in [-0.4, -0.2) is 41.7 Å². The first-order chi connectivity index (χ1) is 8.97. The van der Waals surface area contributed by atoms with Gasteiger partial charge in [-0.05, 0) is 45.0 Å². The zero-order valence-electron chi connectivity index (χ0n) is 11.4.